The molecule has 0 unspecified atom stereocenters. The number of hydrogen-bond donors (Lipinski definition) is 1. The Bertz CT molecular complexity index is 593. The Balaban J connectivity index is 1.83. The van der Waals surface area contributed by atoms with Crippen molar-refractivity contribution in [3.05, 3.63) is 51.5 Å². The zero-order valence-electron chi connectivity index (χ0n) is 10.2. The number of hydrogen-bond acceptors (Lipinski definition) is 6. The first-order chi connectivity index (χ1) is 9.15. The Morgan fingerprint density at radius 2 is 2.21 bits per heavy atom. The fourth-order valence-electron chi connectivity index (χ4n) is 1.38. The fourth-order valence-corrected chi connectivity index (χ4v) is 1.86. The number of rotatable bonds is 4. The number of benzene rings is 1. The lowest BCUT2D eigenvalue weighted by atomic mass is 10.2. The van der Waals surface area contributed by atoms with Crippen molar-refractivity contribution >= 4 is 17.6 Å². The second-order valence-corrected chi connectivity index (χ2v) is 4.50. The minimum Gasteiger partial charge on any atom is -0.445 e. The van der Waals surface area contributed by atoms with Crippen molar-refractivity contribution in [1.29, 1.82) is 0 Å². The number of nitrogens with one attached hydrogen (secondary N) is 1. The number of carbonyl (C=O) groups excluding carboxylic acids is 1. The second-order valence-electron chi connectivity index (χ2n) is 3.80. The quantitative estimate of drug-likeness (QED) is 0.927. The molecule has 2 rings (SSSR count). The molecular formula is C12H12N2O4S. The lowest BCUT2D eigenvalue weighted by Crippen LogP contribution is -2.27. The minimum absolute atomic E-state index is 0.173. The fraction of sp³-hybridized carbons (Fsp3) is 0.250. The van der Waals surface area contributed by atoms with E-state index in [9.17, 15) is 9.59 Å². The normalized spacial score (nSPS) is 11.8. The molecule has 0 fully saturated rings. The van der Waals surface area contributed by atoms with Crippen LogP contribution >= 0.6 is 11.5 Å². The van der Waals surface area contributed by atoms with Crippen LogP contribution in [0.25, 0.3) is 0 Å². The SMILES string of the molecule is C[C@@H](NC(=O)OCc1ccccc1)c1nsc(=O)o1. The van der Waals surface area contributed by atoms with E-state index < -0.39 is 17.1 Å². The predicted molar refractivity (Wildman–Crippen MR) is 68.8 cm³/mol. The van der Waals surface area contributed by atoms with Gasteiger partial charge in [-0.25, -0.2) is 9.59 Å². The highest BCUT2D eigenvalue weighted by molar-refractivity contribution is 7.02. The van der Waals surface area contributed by atoms with E-state index in [-0.39, 0.29) is 12.5 Å². The van der Waals surface area contributed by atoms with Crippen LogP contribution in [0, 0.1) is 0 Å². The second kappa shape index (κ2) is 6.14. The van der Waals surface area contributed by atoms with E-state index in [1.165, 1.54) is 0 Å². The first-order valence-electron chi connectivity index (χ1n) is 5.59. The Kier molecular flexibility index (Phi) is 4.30. The molecule has 1 aromatic heterocycles. The Morgan fingerprint density at radius 3 is 2.84 bits per heavy atom. The van der Waals surface area contributed by atoms with Gasteiger partial charge in [0.25, 0.3) is 0 Å². The van der Waals surface area contributed by atoms with Gasteiger partial charge in [-0.3, -0.25) is 0 Å². The van der Waals surface area contributed by atoms with Crippen molar-refractivity contribution in [2.24, 2.45) is 0 Å². The summed E-state index contributed by atoms with van der Waals surface area (Å²) in [5.41, 5.74) is 0.894. The summed E-state index contributed by atoms with van der Waals surface area (Å²) in [7, 11) is 0. The van der Waals surface area contributed by atoms with Gasteiger partial charge in [0.1, 0.15) is 12.6 Å². The standard InChI is InChI=1S/C12H12N2O4S/c1-8(10-14-19-12(16)18-10)13-11(15)17-7-9-5-3-2-4-6-9/h2-6,8H,7H2,1H3,(H,13,15)/t8-/m1/s1. The number of nitrogens with zero attached hydrogens (tertiary/aromatic N) is 1. The molecule has 0 spiro atoms. The van der Waals surface area contributed by atoms with Crippen LogP contribution in [0.4, 0.5) is 4.79 Å². The van der Waals surface area contributed by atoms with Gasteiger partial charge in [-0.15, -0.1) is 0 Å². The third-order valence-electron chi connectivity index (χ3n) is 2.32. The van der Waals surface area contributed by atoms with Crippen LogP contribution in [0.5, 0.6) is 0 Å². The van der Waals surface area contributed by atoms with E-state index in [2.05, 4.69) is 9.69 Å². The smallest absolute Gasteiger partial charge is 0.414 e. The molecule has 6 nitrogen and oxygen atoms in total. The first kappa shape index (κ1) is 13.3. The van der Waals surface area contributed by atoms with Crippen molar-refractivity contribution in [3.8, 4) is 0 Å². The Hall–Kier alpha value is -2.15. The van der Waals surface area contributed by atoms with Crippen LogP contribution in [0.1, 0.15) is 24.4 Å². The average molecular weight is 280 g/mol. The minimum atomic E-state index is -0.591. The van der Waals surface area contributed by atoms with Gasteiger partial charge in [0.05, 0.1) is 0 Å². The van der Waals surface area contributed by atoms with Gasteiger partial charge in [0, 0.05) is 11.5 Å². The van der Waals surface area contributed by atoms with E-state index in [1.54, 1.807) is 6.92 Å². The topological polar surface area (TPSA) is 81.4 Å². The predicted octanol–water partition coefficient (Wildman–Crippen LogP) is 2.08. The molecule has 0 aliphatic rings. The highest BCUT2D eigenvalue weighted by atomic mass is 32.1. The maximum atomic E-state index is 11.5. The summed E-state index contributed by atoms with van der Waals surface area (Å²) >= 11 is 0.706. The Labute approximate surface area is 113 Å². The average Bonchev–Trinajstić information content (AvgIpc) is 2.84. The van der Waals surface area contributed by atoms with E-state index >= 15 is 0 Å². The van der Waals surface area contributed by atoms with Crippen molar-refractivity contribution in [3.63, 3.8) is 0 Å². The largest absolute Gasteiger partial charge is 0.445 e. The van der Waals surface area contributed by atoms with Crippen LogP contribution in [0.15, 0.2) is 39.5 Å². The van der Waals surface area contributed by atoms with Crippen LogP contribution in [-0.2, 0) is 11.3 Å². The van der Waals surface area contributed by atoms with E-state index in [1.807, 2.05) is 30.3 Å². The van der Waals surface area contributed by atoms with E-state index in [0.29, 0.717) is 11.5 Å². The molecule has 7 heteroatoms. The third kappa shape index (κ3) is 3.92. The molecule has 2 aromatic rings. The summed E-state index contributed by atoms with van der Waals surface area (Å²) in [4.78, 5) is 21.9. The van der Waals surface area contributed by atoms with Crippen molar-refractivity contribution in [1.82, 2.24) is 9.69 Å². The maximum Gasteiger partial charge on any atom is 0.414 e. The molecule has 100 valence electrons. The van der Waals surface area contributed by atoms with Gasteiger partial charge in [0.15, 0.2) is 0 Å². The van der Waals surface area contributed by atoms with Crippen LogP contribution in [-0.4, -0.2) is 10.5 Å². The molecule has 1 aromatic carbocycles. The number of aromatic nitrogens is 1. The third-order valence-corrected chi connectivity index (χ3v) is 2.82. The summed E-state index contributed by atoms with van der Waals surface area (Å²) in [6, 6.07) is 8.82. The highest BCUT2D eigenvalue weighted by Crippen LogP contribution is 2.08. The van der Waals surface area contributed by atoms with Crippen molar-refractivity contribution < 1.29 is 13.9 Å². The molecule has 1 heterocycles. The number of alkyl carbamates (subject to hydrolysis) is 1. The van der Waals surface area contributed by atoms with Gasteiger partial charge in [-0.1, -0.05) is 30.3 Å². The molecule has 0 aliphatic heterocycles. The summed E-state index contributed by atoms with van der Waals surface area (Å²) in [6.45, 7) is 1.84. The van der Waals surface area contributed by atoms with Crippen molar-refractivity contribution in [2.75, 3.05) is 0 Å². The number of carbonyl (C=O) groups is 1. The molecule has 0 bridgehead atoms. The van der Waals surface area contributed by atoms with Gasteiger partial charge in [0.2, 0.25) is 5.89 Å². The number of ether oxygens (including phenoxy) is 1. The molecule has 19 heavy (non-hydrogen) atoms. The molecule has 1 amide bonds. The molecule has 0 saturated carbocycles. The molecular weight excluding hydrogens is 268 g/mol. The molecule has 0 saturated heterocycles. The van der Waals surface area contributed by atoms with Gasteiger partial charge in [-0.2, -0.15) is 4.37 Å². The lowest BCUT2D eigenvalue weighted by molar-refractivity contribution is 0.134. The van der Waals surface area contributed by atoms with Crippen molar-refractivity contribution in [2.45, 2.75) is 19.6 Å². The Morgan fingerprint density at radius 1 is 1.47 bits per heavy atom. The molecule has 1 N–H and O–H groups in total. The van der Waals surface area contributed by atoms with Gasteiger partial charge >= 0.3 is 11.0 Å². The zero-order valence-corrected chi connectivity index (χ0v) is 11.0. The van der Waals surface area contributed by atoms with Crippen LogP contribution < -0.4 is 10.3 Å². The summed E-state index contributed by atoms with van der Waals surface area (Å²) in [5, 5.41) is 2.53. The van der Waals surface area contributed by atoms with E-state index in [0.717, 1.165) is 5.56 Å². The van der Waals surface area contributed by atoms with Crippen LogP contribution in [0.3, 0.4) is 0 Å². The zero-order chi connectivity index (χ0) is 13.7. The molecule has 1 atom stereocenters. The maximum absolute atomic E-state index is 11.5. The van der Waals surface area contributed by atoms with Crippen LogP contribution in [0.2, 0.25) is 0 Å². The summed E-state index contributed by atoms with van der Waals surface area (Å²) in [5.74, 6) is 0.173. The van der Waals surface area contributed by atoms with E-state index in [4.69, 9.17) is 9.15 Å². The molecule has 0 aliphatic carbocycles. The van der Waals surface area contributed by atoms with Gasteiger partial charge in [-0.05, 0) is 12.5 Å². The summed E-state index contributed by atoms with van der Waals surface area (Å²) < 4.78 is 13.6. The monoisotopic (exact) mass is 280 g/mol. The highest BCUT2D eigenvalue weighted by Gasteiger charge is 2.15. The number of amides is 1. The lowest BCUT2D eigenvalue weighted by Gasteiger charge is -2.10. The van der Waals surface area contributed by atoms with Gasteiger partial charge < -0.3 is 14.5 Å². The molecule has 0 radical (unpaired) electrons. The summed E-state index contributed by atoms with van der Waals surface area (Å²) in [6.07, 6.45) is -0.591. The first-order valence-corrected chi connectivity index (χ1v) is 6.36.